The van der Waals surface area contributed by atoms with E-state index in [-0.39, 0.29) is 0 Å². The van der Waals surface area contributed by atoms with Crippen LogP contribution in [0.2, 0.25) is 0 Å². The molecule has 0 spiro atoms. The van der Waals surface area contributed by atoms with Crippen LogP contribution in [0, 0.1) is 0 Å². The first-order valence-electron chi connectivity index (χ1n) is 22.2. The number of benzene rings is 10. The predicted octanol–water partition coefficient (Wildman–Crippen LogP) is 16.0. The maximum absolute atomic E-state index is 6.96. The van der Waals surface area contributed by atoms with Gasteiger partial charge >= 0.3 is 0 Å². The Bertz CT molecular complexity index is 4500. The molecule has 15 rings (SSSR count). The molecule has 6 nitrogen and oxygen atoms in total. The number of furan rings is 1. The van der Waals surface area contributed by atoms with Gasteiger partial charge in [-0.15, -0.1) is 11.3 Å². The summed E-state index contributed by atoms with van der Waals surface area (Å²) in [7, 11) is 0. The normalized spacial score (nSPS) is 12.2. The second kappa shape index (κ2) is 13.4. The lowest BCUT2D eigenvalue weighted by atomic mass is 9.99. The van der Waals surface area contributed by atoms with Crippen molar-refractivity contribution in [2.45, 2.75) is 0 Å². The van der Waals surface area contributed by atoms with Crippen molar-refractivity contribution in [1.29, 1.82) is 0 Å². The molecule has 15 aromatic rings. The van der Waals surface area contributed by atoms with Gasteiger partial charge in [0.25, 0.3) is 0 Å². The fraction of sp³-hybridized carbons (Fsp3) is 0. The number of rotatable bonds is 4. The van der Waals surface area contributed by atoms with Gasteiger partial charge in [-0.3, -0.25) is 4.57 Å². The zero-order chi connectivity index (χ0) is 43.0. The van der Waals surface area contributed by atoms with Crippen molar-refractivity contribution in [3.63, 3.8) is 0 Å². The Hall–Kier alpha value is -8.65. The van der Waals surface area contributed by atoms with E-state index in [1.165, 1.54) is 47.2 Å². The highest BCUT2D eigenvalue weighted by atomic mass is 32.1. The lowest BCUT2D eigenvalue weighted by Crippen LogP contribution is -2.06. The Kier molecular flexibility index (Phi) is 7.28. The Morgan fingerprint density at radius 1 is 0.379 bits per heavy atom. The third-order valence-corrected chi connectivity index (χ3v) is 14.7. The van der Waals surface area contributed by atoms with E-state index in [2.05, 4.69) is 203 Å². The van der Waals surface area contributed by atoms with Gasteiger partial charge in [-0.2, -0.15) is 9.97 Å². The predicted molar refractivity (Wildman–Crippen MR) is 275 cm³/mol. The fourth-order valence-electron chi connectivity index (χ4n) is 10.6. The average Bonchev–Trinajstić information content (AvgIpc) is 4.13. The second-order valence-electron chi connectivity index (χ2n) is 17.2. The summed E-state index contributed by atoms with van der Waals surface area (Å²) in [5, 5.41) is 13.8. The summed E-state index contributed by atoms with van der Waals surface area (Å²) in [6.07, 6.45) is 0. The molecule has 7 heteroatoms. The zero-order valence-electron chi connectivity index (χ0n) is 35.1. The number of hydrogen-bond acceptors (Lipinski definition) is 5. The van der Waals surface area contributed by atoms with Crippen molar-refractivity contribution in [2.75, 3.05) is 0 Å². The minimum absolute atomic E-state index is 0.538. The van der Waals surface area contributed by atoms with Crippen molar-refractivity contribution >= 4 is 119 Å². The van der Waals surface area contributed by atoms with Crippen LogP contribution in [-0.2, 0) is 0 Å². The van der Waals surface area contributed by atoms with Gasteiger partial charge in [0.1, 0.15) is 11.2 Å². The summed E-state index contributed by atoms with van der Waals surface area (Å²) >= 11 is 1.80. The van der Waals surface area contributed by atoms with E-state index in [0.29, 0.717) is 17.6 Å². The third kappa shape index (κ3) is 5.08. The summed E-state index contributed by atoms with van der Waals surface area (Å²) in [6, 6.07) is 71.5. The molecule has 0 N–H and O–H groups in total. The Balaban J connectivity index is 1.01. The van der Waals surface area contributed by atoms with Crippen LogP contribution in [0.3, 0.4) is 0 Å². The molecule has 0 saturated heterocycles. The number of fused-ring (bicyclic) bond motifs is 15. The fourth-order valence-corrected chi connectivity index (χ4v) is 11.7. The molecular weight excluding hydrogens is 827 g/mol. The van der Waals surface area contributed by atoms with Crippen LogP contribution in [0.25, 0.3) is 142 Å². The van der Waals surface area contributed by atoms with Crippen LogP contribution in [-0.4, -0.2) is 24.1 Å². The maximum Gasteiger partial charge on any atom is 0.238 e. The summed E-state index contributed by atoms with van der Waals surface area (Å²) in [5.41, 5.74) is 8.73. The van der Waals surface area contributed by atoms with E-state index < -0.39 is 0 Å². The maximum atomic E-state index is 6.96. The molecule has 0 radical (unpaired) electrons. The Morgan fingerprint density at radius 2 is 1.00 bits per heavy atom. The van der Waals surface area contributed by atoms with Gasteiger partial charge in [-0.25, -0.2) is 4.98 Å². The quantitative estimate of drug-likeness (QED) is 0.177. The highest BCUT2D eigenvalue weighted by Gasteiger charge is 2.23. The highest BCUT2D eigenvalue weighted by Crippen LogP contribution is 2.44. The van der Waals surface area contributed by atoms with Gasteiger partial charge < -0.3 is 8.98 Å². The molecule has 0 saturated carbocycles. The first-order chi connectivity index (χ1) is 32.7. The molecule has 0 fully saturated rings. The van der Waals surface area contributed by atoms with Crippen molar-refractivity contribution in [2.24, 2.45) is 0 Å². The number of nitrogens with zero attached hydrogens (tertiary/aromatic N) is 5. The molecule has 66 heavy (non-hydrogen) atoms. The summed E-state index contributed by atoms with van der Waals surface area (Å²) in [6.45, 7) is 0. The van der Waals surface area contributed by atoms with Crippen LogP contribution in [0.4, 0.5) is 0 Å². The number of para-hydroxylation sites is 4. The highest BCUT2D eigenvalue weighted by molar-refractivity contribution is 7.25. The molecule has 0 amide bonds. The zero-order valence-corrected chi connectivity index (χ0v) is 35.9. The molecule has 0 atom stereocenters. The van der Waals surface area contributed by atoms with Crippen LogP contribution in [0.15, 0.2) is 205 Å². The lowest BCUT2D eigenvalue weighted by Gasteiger charge is -2.13. The molecule has 0 bridgehead atoms. The Morgan fingerprint density at radius 3 is 1.79 bits per heavy atom. The first kappa shape index (κ1) is 35.8. The van der Waals surface area contributed by atoms with Crippen LogP contribution in [0.5, 0.6) is 0 Å². The molecule has 5 aromatic heterocycles. The topological polar surface area (TPSA) is 61.7 Å². The van der Waals surface area contributed by atoms with Gasteiger partial charge in [0.2, 0.25) is 5.95 Å². The molecule has 5 heterocycles. The van der Waals surface area contributed by atoms with Crippen LogP contribution >= 0.6 is 11.3 Å². The summed E-state index contributed by atoms with van der Waals surface area (Å²) in [4.78, 5) is 16.2. The summed E-state index contributed by atoms with van der Waals surface area (Å²) in [5.74, 6) is 1.67. The van der Waals surface area contributed by atoms with Crippen molar-refractivity contribution in [3.8, 4) is 34.4 Å². The molecule has 0 unspecified atom stereocenters. The van der Waals surface area contributed by atoms with Crippen molar-refractivity contribution < 1.29 is 4.42 Å². The minimum atomic E-state index is 0.538. The van der Waals surface area contributed by atoms with Crippen molar-refractivity contribution in [1.82, 2.24) is 24.1 Å². The van der Waals surface area contributed by atoms with E-state index in [9.17, 15) is 0 Å². The number of aromatic nitrogens is 5. The molecule has 0 aliphatic rings. The molecule has 0 aliphatic heterocycles. The average molecular weight is 860 g/mol. The molecular formula is C59H33N5OS. The molecule has 306 valence electrons. The van der Waals surface area contributed by atoms with Crippen LogP contribution in [0.1, 0.15) is 0 Å². The Labute approximate surface area is 379 Å². The number of hydrogen-bond donors (Lipinski definition) is 0. The van der Waals surface area contributed by atoms with Gasteiger partial charge in [0.05, 0.1) is 27.6 Å². The van der Waals surface area contributed by atoms with Gasteiger partial charge in [-0.1, -0.05) is 121 Å². The molecule has 10 aromatic carbocycles. The van der Waals surface area contributed by atoms with Gasteiger partial charge in [0, 0.05) is 63.7 Å². The largest absolute Gasteiger partial charge is 0.455 e. The monoisotopic (exact) mass is 859 g/mol. The van der Waals surface area contributed by atoms with Gasteiger partial charge in [0.15, 0.2) is 11.6 Å². The van der Waals surface area contributed by atoms with Crippen LogP contribution < -0.4 is 0 Å². The standard InChI is InChI=1S/C59H33N5OS/c1-2-14-35-32-51-45(29-34(35)13-1)41-17-5-8-20-48(41)63(51)38-27-25-36-30-47(56-55(44(36)33-38)43-19-6-11-23-52(43)65-56)58-60-57(37-26-28-54-46(31-37)42-18-7-12-24-53(42)66-54)61-59(62-58)64-49-21-9-3-15-39(49)40-16-4-10-22-50(40)64/h1-33H. The van der Waals surface area contributed by atoms with E-state index in [1.54, 1.807) is 11.3 Å². The van der Waals surface area contributed by atoms with E-state index >= 15 is 0 Å². The van der Waals surface area contributed by atoms with Gasteiger partial charge in [-0.05, 0) is 100 Å². The SMILES string of the molecule is c1ccc2cc3c(cc2c1)c1ccccc1n3-c1ccc2cc(-c3nc(-c4ccc5sc6ccccc6c5c4)nc(-n4c5ccccc5c5ccccc54)n3)c3oc4ccccc4c3c2c1. The minimum Gasteiger partial charge on any atom is -0.455 e. The first-order valence-corrected chi connectivity index (χ1v) is 23.0. The third-order valence-electron chi connectivity index (χ3n) is 13.5. The second-order valence-corrected chi connectivity index (χ2v) is 18.2. The molecule has 0 aliphatic carbocycles. The smallest absolute Gasteiger partial charge is 0.238 e. The lowest BCUT2D eigenvalue weighted by molar-refractivity contribution is 0.669. The number of thiophene rings is 1. The summed E-state index contributed by atoms with van der Waals surface area (Å²) < 4.78 is 14.0. The van der Waals surface area contributed by atoms with Crippen molar-refractivity contribution in [3.05, 3.63) is 200 Å². The van der Waals surface area contributed by atoms with E-state index in [1.807, 2.05) is 6.07 Å². The van der Waals surface area contributed by atoms with E-state index in [0.717, 1.165) is 76.8 Å². The van der Waals surface area contributed by atoms with E-state index in [4.69, 9.17) is 19.4 Å².